The van der Waals surface area contributed by atoms with Crippen molar-refractivity contribution >= 4 is 15.9 Å². The number of hydrogen-bond acceptors (Lipinski definition) is 3. The van der Waals surface area contributed by atoms with Crippen LogP contribution in [-0.4, -0.2) is 49.1 Å². The van der Waals surface area contributed by atoms with Crippen LogP contribution in [0.15, 0.2) is 22.7 Å². The van der Waals surface area contributed by atoms with E-state index >= 15 is 0 Å². The molecule has 3 rings (SSSR count). The molecule has 1 aliphatic carbocycles. The number of halogens is 1. The molecule has 1 N–H and O–H groups in total. The molecule has 0 bridgehead atoms. The number of nitrogens with one attached hydrogen (secondary N) is 1. The van der Waals surface area contributed by atoms with E-state index in [-0.39, 0.29) is 0 Å². The summed E-state index contributed by atoms with van der Waals surface area (Å²) >= 11 is 3.76. The van der Waals surface area contributed by atoms with Gasteiger partial charge in [0.2, 0.25) is 0 Å². The molecule has 116 valence electrons. The molecule has 3 nitrogen and oxygen atoms in total. The smallest absolute Gasteiger partial charge is 0.0245 e. The van der Waals surface area contributed by atoms with Gasteiger partial charge in [0.05, 0.1) is 0 Å². The molecule has 1 aromatic carbocycles. The lowest BCUT2D eigenvalue weighted by molar-refractivity contribution is 0.269. The molecule has 0 spiro atoms. The molecule has 4 heteroatoms. The maximum atomic E-state index is 3.76. The Morgan fingerprint density at radius 1 is 1.19 bits per heavy atom. The van der Waals surface area contributed by atoms with Gasteiger partial charge in [0.1, 0.15) is 0 Å². The highest BCUT2D eigenvalue weighted by Gasteiger charge is 2.20. The van der Waals surface area contributed by atoms with Crippen molar-refractivity contribution in [2.24, 2.45) is 0 Å². The minimum absolute atomic E-state index is 0.776. The molecule has 0 radical (unpaired) electrons. The molecule has 0 aromatic heterocycles. The second-order valence-electron chi connectivity index (χ2n) is 6.51. The summed E-state index contributed by atoms with van der Waals surface area (Å²) in [4.78, 5) is 5.01. The van der Waals surface area contributed by atoms with Gasteiger partial charge in [0.15, 0.2) is 0 Å². The first kappa shape index (κ1) is 15.5. The van der Waals surface area contributed by atoms with Gasteiger partial charge < -0.3 is 10.2 Å². The standard InChI is InChI=1S/C17H26BrN3/c1-20-7-2-8-21(10-9-20)13-15-4-3-14(11-17(15)18)12-19-16-5-6-16/h3-4,11,16,19H,2,5-10,12-13H2,1H3. The van der Waals surface area contributed by atoms with Crippen LogP contribution in [-0.2, 0) is 13.1 Å². The number of likely N-dealkylation sites (N-methyl/N-ethyl adjacent to an activating group) is 1. The van der Waals surface area contributed by atoms with Crippen molar-refractivity contribution in [1.29, 1.82) is 0 Å². The van der Waals surface area contributed by atoms with E-state index in [2.05, 4.69) is 56.3 Å². The molecule has 1 aliphatic heterocycles. The first-order valence-corrected chi connectivity index (χ1v) is 8.91. The molecule has 0 atom stereocenters. The van der Waals surface area contributed by atoms with Crippen molar-refractivity contribution in [3.8, 4) is 0 Å². The van der Waals surface area contributed by atoms with E-state index in [9.17, 15) is 0 Å². The summed E-state index contributed by atoms with van der Waals surface area (Å²) in [6.45, 7) is 6.85. The van der Waals surface area contributed by atoms with Gasteiger partial charge in [-0.25, -0.2) is 0 Å². The highest BCUT2D eigenvalue weighted by Crippen LogP contribution is 2.23. The van der Waals surface area contributed by atoms with Gasteiger partial charge in [0.25, 0.3) is 0 Å². The fourth-order valence-electron chi connectivity index (χ4n) is 2.88. The quantitative estimate of drug-likeness (QED) is 0.879. The summed E-state index contributed by atoms with van der Waals surface area (Å²) in [6, 6.07) is 7.63. The van der Waals surface area contributed by atoms with Crippen molar-refractivity contribution in [3.05, 3.63) is 33.8 Å². The third kappa shape index (κ3) is 4.78. The fraction of sp³-hybridized carbons (Fsp3) is 0.647. The van der Waals surface area contributed by atoms with Gasteiger partial charge in [0, 0.05) is 36.7 Å². The monoisotopic (exact) mass is 351 g/mol. The molecule has 1 saturated carbocycles. The van der Waals surface area contributed by atoms with Crippen molar-refractivity contribution in [2.75, 3.05) is 33.2 Å². The molecule has 1 heterocycles. The Labute approximate surface area is 136 Å². The van der Waals surface area contributed by atoms with Crippen LogP contribution in [0.1, 0.15) is 30.4 Å². The van der Waals surface area contributed by atoms with Crippen LogP contribution in [0, 0.1) is 0 Å². The van der Waals surface area contributed by atoms with Gasteiger partial charge in [-0.05, 0) is 56.6 Å². The number of hydrogen-bond donors (Lipinski definition) is 1. The van der Waals surface area contributed by atoms with Crippen molar-refractivity contribution in [3.63, 3.8) is 0 Å². The zero-order valence-electron chi connectivity index (χ0n) is 12.9. The maximum absolute atomic E-state index is 3.76. The molecule has 1 aromatic rings. The third-order valence-corrected chi connectivity index (χ3v) is 5.23. The highest BCUT2D eigenvalue weighted by molar-refractivity contribution is 9.10. The molecule has 2 aliphatic rings. The number of nitrogens with zero attached hydrogens (tertiary/aromatic N) is 2. The SMILES string of the molecule is CN1CCCN(Cc2ccc(CNC3CC3)cc2Br)CC1. The molecule has 21 heavy (non-hydrogen) atoms. The predicted molar refractivity (Wildman–Crippen MR) is 91.4 cm³/mol. The van der Waals surface area contributed by atoms with E-state index in [1.54, 1.807) is 0 Å². The highest BCUT2D eigenvalue weighted by atomic mass is 79.9. The van der Waals surface area contributed by atoms with Gasteiger partial charge in [-0.15, -0.1) is 0 Å². The number of rotatable bonds is 5. The molecular weight excluding hydrogens is 326 g/mol. The van der Waals surface area contributed by atoms with Crippen LogP contribution in [0.2, 0.25) is 0 Å². The summed E-state index contributed by atoms with van der Waals surface area (Å²) in [5, 5.41) is 3.58. The Hall–Kier alpha value is -0.420. The fourth-order valence-corrected chi connectivity index (χ4v) is 3.43. The van der Waals surface area contributed by atoms with Gasteiger partial charge in [-0.1, -0.05) is 28.1 Å². The molecule has 0 amide bonds. The van der Waals surface area contributed by atoms with E-state index in [1.807, 2.05) is 0 Å². The average Bonchev–Trinajstić information content (AvgIpc) is 3.29. The van der Waals surface area contributed by atoms with Crippen molar-refractivity contribution in [2.45, 2.75) is 38.4 Å². The van der Waals surface area contributed by atoms with Crippen LogP contribution < -0.4 is 5.32 Å². The average molecular weight is 352 g/mol. The summed E-state index contributed by atoms with van der Waals surface area (Å²) < 4.78 is 1.26. The second-order valence-corrected chi connectivity index (χ2v) is 7.37. The van der Waals surface area contributed by atoms with Crippen molar-refractivity contribution in [1.82, 2.24) is 15.1 Å². The van der Waals surface area contributed by atoms with Crippen LogP contribution >= 0.6 is 15.9 Å². The summed E-state index contributed by atoms with van der Waals surface area (Å²) in [5.41, 5.74) is 2.79. The summed E-state index contributed by atoms with van der Waals surface area (Å²) in [6.07, 6.45) is 3.98. The van der Waals surface area contributed by atoms with E-state index < -0.39 is 0 Å². The summed E-state index contributed by atoms with van der Waals surface area (Å²) in [7, 11) is 2.22. The Balaban J connectivity index is 1.56. The van der Waals surface area contributed by atoms with Gasteiger partial charge in [-0.2, -0.15) is 0 Å². The topological polar surface area (TPSA) is 18.5 Å². The van der Waals surface area contributed by atoms with E-state index in [1.165, 1.54) is 61.0 Å². The predicted octanol–water partition coefficient (Wildman–Crippen LogP) is 2.84. The van der Waals surface area contributed by atoms with Gasteiger partial charge >= 0.3 is 0 Å². The first-order valence-electron chi connectivity index (χ1n) is 8.12. The molecule has 1 saturated heterocycles. The Morgan fingerprint density at radius 2 is 2.05 bits per heavy atom. The Kier molecular flexibility index (Phi) is 5.33. The van der Waals surface area contributed by atoms with Crippen LogP contribution in [0.25, 0.3) is 0 Å². The zero-order valence-corrected chi connectivity index (χ0v) is 14.5. The third-order valence-electron chi connectivity index (χ3n) is 4.50. The normalized spacial score (nSPS) is 21.4. The Bertz CT molecular complexity index is 473. The number of benzene rings is 1. The van der Waals surface area contributed by atoms with E-state index in [0.717, 1.165) is 19.1 Å². The first-order chi connectivity index (χ1) is 10.2. The largest absolute Gasteiger partial charge is 0.310 e. The van der Waals surface area contributed by atoms with Crippen LogP contribution in [0.4, 0.5) is 0 Å². The lowest BCUT2D eigenvalue weighted by Crippen LogP contribution is -2.28. The molecule has 0 unspecified atom stereocenters. The molecule has 2 fully saturated rings. The lowest BCUT2D eigenvalue weighted by Gasteiger charge is -2.21. The maximum Gasteiger partial charge on any atom is 0.0245 e. The lowest BCUT2D eigenvalue weighted by atomic mass is 10.1. The van der Waals surface area contributed by atoms with E-state index in [0.29, 0.717) is 0 Å². The zero-order chi connectivity index (χ0) is 14.7. The second kappa shape index (κ2) is 7.23. The Morgan fingerprint density at radius 3 is 2.81 bits per heavy atom. The van der Waals surface area contributed by atoms with Crippen molar-refractivity contribution < 1.29 is 0 Å². The minimum atomic E-state index is 0.776. The van der Waals surface area contributed by atoms with Gasteiger partial charge in [-0.3, -0.25) is 4.90 Å². The van der Waals surface area contributed by atoms with Crippen LogP contribution in [0.5, 0.6) is 0 Å². The minimum Gasteiger partial charge on any atom is -0.310 e. The van der Waals surface area contributed by atoms with Crippen LogP contribution in [0.3, 0.4) is 0 Å². The molecular formula is C17H26BrN3. The van der Waals surface area contributed by atoms with E-state index in [4.69, 9.17) is 0 Å². The summed E-state index contributed by atoms with van der Waals surface area (Å²) in [5.74, 6) is 0.